The smallest absolute Gasteiger partial charge is 0.299 e. The number of carbonyl (C=O) groups excluding carboxylic acids is 1. The normalized spacial score (nSPS) is 10.7. The molecule has 178 valence electrons. The number of rotatable bonds is 8. The first-order chi connectivity index (χ1) is 16.9. The fourth-order valence-corrected chi connectivity index (χ4v) is 3.26. The number of ether oxygens (including phenoxy) is 1. The lowest BCUT2D eigenvalue weighted by Gasteiger charge is -2.15. The summed E-state index contributed by atoms with van der Waals surface area (Å²) in [6, 6.07) is 21.2. The molecule has 7 nitrogen and oxygen atoms in total. The number of amides is 1. The molecule has 0 spiro atoms. The molecule has 0 aliphatic carbocycles. The van der Waals surface area contributed by atoms with Crippen molar-refractivity contribution in [1.82, 2.24) is 15.1 Å². The van der Waals surface area contributed by atoms with Crippen LogP contribution in [0.2, 0.25) is 0 Å². The van der Waals surface area contributed by atoms with E-state index in [-0.39, 0.29) is 17.3 Å². The summed E-state index contributed by atoms with van der Waals surface area (Å²) in [5, 5.41) is 10.2. The van der Waals surface area contributed by atoms with E-state index in [2.05, 4.69) is 15.7 Å². The lowest BCUT2D eigenvalue weighted by atomic mass is 10.1. The Hall–Kier alpha value is -4.46. The van der Waals surface area contributed by atoms with Crippen LogP contribution < -0.4 is 20.9 Å². The van der Waals surface area contributed by atoms with Crippen molar-refractivity contribution in [3.63, 3.8) is 0 Å². The molecule has 3 aromatic carbocycles. The molecule has 2 N–H and O–H groups in total. The number of halogens is 1. The Morgan fingerprint density at radius 1 is 1.00 bits per heavy atom. The van der Waals surface area contributed by atoms with Crippen molar-refractivity contribution in [2.45, 2.75) is 13.8 Å². The van der Waals surface area contributed by atoms with Crippen molar-refractivity contribution in [2.24, 2.45) is 5.92 Å². The van der Waals surface area contributed by atoms with E-state index in [1.54, 1.807) is 36.4 Å². The summed E-state index contributed by atoms with van der Waals surface area (Å²) in [4.78, 5) is 25.7. The summed E-state index contributed by atoms with van der Waals surface area (Å²) in [5.74, 6) is 0.521. The second kappa shape index (κ2) is 10.6. The zero-order valence-corrected chi connectivity index (χ0v) is 19.4. The predicted molar refractivity (Wildman–Crippen MR) is 133 cm³/mol. The number of hydrogen-bond acceptors (Lipinski definition) is 5. The lowest BCUT2D eigenvalue weighted by Crippen LogP contribution is -2.27. The van der Waals surface area contributed by atoms with Crippen LogP contribution in [0.5, 0.6) is 11.5 Å². The number of nitrogens with one attached hydrogen (secondary N) is 2. The van der Waals surface area contributed by atoms with Gasteiger partial charge < -0.3 is 15.4 Å². The monoisotopic (exact) mass is 472 g/mol. The molecular weight excluding hydrogens is 447 g/mol. The molecule has 1 heterocycles. The summed E-state index contributed by atoms with van der Waals surface area (Å²) in [6.45, 7) is 4.63. The van der Waals surface area contributed by atoms with E-state index >= 15 is 0 Å². The van der Waals surface area contributed by atoms with Crippen molar-refractivity contribution < 1.29 is 13.9 Å². The minimum atomic E-state index is -0.483. The van der Waals surface area contributed by atoms with E-state index < -0.39 is 11.4 Å². The van der Waals surface area contributed by atoms with Crippen LogP contribution in [0.1, 0.15) is 24.2 Å². The van der Waals surface area contributed by atoms with Gasteiger partial charge in [0.05, 0.1) is 11.9 Å². The second-order valence-electron chi connectivity index (χ2n) is 8.30. The number of aromatic nitrogens is 2. The highest BCUT2D eigenvalue weighted by atomic mass is 19.1. The minimum absolute atomic E-state index is 0.144. The summed E-state index contributed by atoms with van der Waals surface area (Å²) in [5.41, 5.74) is 1.16. The number of carbonyl (C=O) groups is 1. The molecule has 0 saturated heterocycles. The molecule has 0 atom stereocenters. The highest BCUT2D eigenvalue weighted by molar-refractivity contribution is 5.94. The number of nitrogens with zero attached hydrogens (tertiary/aromatic N) is 2. The van der Waals surface area contributed by atoms with Crippen LogP contribution in [0.4, 0.5) is 15.8 Å². The maximum absolute atomic E-state index is 13.4. The third-order valence-corrected chi connectivity index (χ3v) is 5.07. The van der Waals surface area contributed by atoms with E-state index in [0.29, 0.717) is 35.2 Å². The number of anilines is 2. The van der Waals surface area contributed by atoms with Crippen molar-refractivity contribution >= 4 is 17.3 Å². The van der Waals surface area contributed by atoms with Gasteiger partial charge in [-0.15, -0.1) is 0 Å². The molecule has 0 bridgehead atoms. The summed E-state index contributed by atoms with van der Waals surface area (Å²) < 4.78 is 20.5. The van der Waals surface area contributed by atoms with Crippen molar-refractivity contribution in [2.75, 3.05) is 11.9 Å². The third kappa shape index (κ3) is 5.92. The van der Waals surface area contributed by atoms with Gasteiger partial charge in [0.2, 0.25) is 0 Å². The highest BCUT2D eigenvalue weighted by Crippen LogP contribution is 2.28. The minimum Gasteiger partial charge on any atom is -0.453 e. The van der Waals surface area contributed by atoms with Crippen molar-refractivity contribution in [1.29, 1.82) is 0 Å². The van der Waals surface area contributed by atoms with E-state index in [1.807, 2.05) is 32.0 Å². The fourth-order valence-electron chi connectivity index (χ4n) is 3.26. The third-order valence-electron chi connectivity index (χ3n) is 5.07. The zero-order chi connectivity index (χ0) is 24.8. The second-order valence-corrected chi connectivity index (χ2v) is 8.30. The standard InChI is InChI=1S/C27H25FN4O3/c1-18(2)16-29-26(33)19-8-12-21(13-9-19)31-25-24(35-23-6-4-3-5-7-23)17-30-32(27(25)34)22-14-10-20(28)11-15-22/h3-15,17-18,31H,16H2,1-2H3,(H,29,33). The molecule has 35 heavy (non-hydrogen) atoms. The quantitative estimate of drug-likeness (QED) is 0.364. The maximum atomic E-state index is 13.4. The molecule has 4 aromatic rings. The van der Waals surface area contributed by atoms with Crippen LogP contribution in [0.25, 0.3) is 5.69 Å². The number of para-hydroxylation sites is 1. The largest absolute Gasteiger partial charge is 0.453 e. The summed E-state index contributed by atoms with van der Waals surface area (Å²) >= 11 is 0. The zero-order valence-electron chi connectivity index (χ0n) is 19.4. The van der Waals surface area contributed by atoms with E-state index in [4.69, 9.17) is 4.74 Å². The summed E-state index contributed by atoms with van der Waals surface area (Å²) in [7, 11) is 0. The molecule has 0 aliphatic heterocycles. The maximum Gasteiger partial charge on any atom is 0.299 e. The van der Waals surface area contributed by atoms with Gasteiger partial charge in [-0.25, -0.2) is 4.39 Å². The number of hydrogen-bond donors (Lipinski definition) is 2. The first kappa shape index (κ1) is 23.7. The Kier molecular flexibility index (Phi) is 7.21. The Morgan fingerprint density at radius 2 is 1.69 bits per heavy atom. The Labute approximate surface area is 202 Å². The van der Waals surface area contributed by atoms with Gasteiger partial charge in [0.1, 0.15) is 11.6 Å². The van der Waals surface area contributed by atoms with Gasteiger partial charge in [-0.05, 0) is 66.6 Å². The molecule has 0 aliphatic rings. The van der Waals surface area contributed by atoms with Gasteiger partial charge in [0.15, 0.2) is 11.4 Å². The van der Waals surface area contributed by atoms with Crippen LogP contribution in [-0.2, 0) is 0 Å². The van der Waals surface area contributed by atoms with Gasteiger partial charge in [-0.1, -0.05) is 32.0 Å². The Balaban J connectivity index is 1.67. The van der Waals surface area contributed by atoms with Crippen LogP contribution in [0, 0.1) is 11.7 Å². The lowest BCUT2D eigenvalue weighted by molar-refractivity contribution is 0.0949. The molecule has 0 saturated carbocycles. The van der Waals surface area contributed by atoms with Gasteiger partial charge >= 0.3 is 0 Å². The van der Waals surface area contributed by atoms with Gasteiger partial charge in [0.25, 0.3) is 11.5 Å². The molecule has 8 heteroatoms. The van der Waals surface area contributed by atoms with Crippen LogP contribution in [-0.4, -0.2) is 22.2 Å². The first-order valence-corrected chi connectivity index (χ1v) is 11.2. The van der Waals surface area contributed by atoms with E-state index in [1.165, 1.54) is 30.5 Å². The van der Waals surface area contributed by atoms with E-state index in [9.17, 15) is 14.0 Å². The van der Waals surface area contributed by atoms with Gasteiger partial charge in [-0.3, -0.25) is 9.59 Å². The SMILES string of the molecule is CC(C)CNC(=O)c1ccc(Nc2c(Oc3ccccc3)cnn(-c3ccc(F)cc3)c2=O)cc1. The average Bonchev–Trinajstić information content (AvgIpc) is 2.86. The fraction of sp³-hybridized carbons (Fsp3) is 0.148. The Bertz CT molecular complexity index is 1350. The first-order valence-electron chi connectivity index (χ1n) is 11.2. The molecule has 1 aromatic heterocycles. The molecule has 0 fully saturated rings. The molecular formula is C27H25FN4O3. The highest BCUT2D eigenvalue weighted by Gasteiger charge is 2.16. The van der Waals surface area contributed by atoms with Crippen LogP contribution in [0.15, 0.2) is 89.9 Å². The molecule has 4 rings (SSSR count). The van der Waals surface area contributed by atoms with Crippen molar-refractivity contribution in [3.05, 3.63) is 107 Å². The van der Waals surface area contributed by atoms with Gasteiger partial charge in [0, 0.05) is 17.8 Å². The molecule has 1 amide bonds. The van der Waals surface area contributed by atoms with Crippen molar-refractivity contribution in [3.8, 4) is 17.2 Å². The Morgan fingerprint density at radius 3 is 2.34 bits per heavy atom. The molecule has 0 radical (unpaired) electrons. The molecule has 0 unspecified atom stereocenters. The topological polar surface area (TPSA) is 85.2 Å². The van der Waals surface area contributed by atoms with Crippen LogP contribution >= 0.6 is 0 Å². The number of benzene rings is 3. The van der Waals surface area contributed by atoms with E-state index in [0.717, 1.165) is 4.68 Å². The average molecular weight is 473 g/mol. The van der Waals surface area contributed by atoms with Gasteiger partial charge in [-0.2, -0.15) is 9.78 Å². The predicted octanol–water partition coefficient (Wildman–Crippen LogP) is 5.29. The summed E-state index contributed by atoms with van der Waals surface area (Å²) in [6.07, 6.45) is 1.42. The van der Waals surface area contributed by atoms with Crippen LogP contribution in [0.3, 0.4) is 0 Å².